The maximum Gasteiger partial charge on any atom is 0.164 e. The van der Waals surface area contributed by atoms with E-state index in [1.165, 1.54) is 11.1 Å². The number of rotatable bonds is 0. The molecule has 3 nitrogen and oxygen atoms in total. The maximum absolute atomic E-state index is 4.05. The first-order chi connectivity index (χ1) is 5.95. The molecule has 0 unspecified atom stereocenters. The number of nitrogens with zero attached hydrogens (tertiary/aromatic N) is 3. The monoisotopic (exact) mass is 157 g/mol. The zero-order chi connectivity index (χ0) is 7.97. The molecule has 0 aliphatic carbocycles. The van der Waals surface area contributed by atoms with Crippen molar-refractivity contribution in [1.82, 2.24) is 14.8 Å². The summed E-state index contributed by atoms with van der Waals surface area (Å²) >= 11 is 0. The van der Waals surface area contributed by atoms with Gasteiger partial charge in [-0.2, -0.15) is 0 Å². The van der Waals surface area contributed by atoms with Crippen LogP contribution in [-0.4, -0.2) is 14.8 Å². The summed E-state index contributed by atoms with van der Waals surface area (Å²) in [5.74, 6) is 0.991. The van der Waals surface area contributed by atoms with Crippen molar-refractivity contribution >= 4 is 0 Å². The molecule has 12 heavy (non-hydrogen) atoms. The van der Waals surface area contributed by atoms with Gasteiger partial charge in [0, 0.05) is 5.56 Å². The lowest BCUT2D eigenvalue weighted by atomic mass is 10.1. The minimum absolute atomic E-state index is 0.915. The van der Waals surface area contributed by atoms with Gasteiger partial charge >= 0.3 is 0 Å². The second-order valence-corrected chi connectivity index (χ2v) is 2.94. The summed E-state index contributed by atoms with van der Waals surface area (Å²) in [6, 6.07) is 8.30. The third-order valence-electron chi connectivity index (χ3n) is 2.21. The molecule has 3 heteroatoms. The van der Waals surface area contributed by atoms with Gasteiger partial charge in [-0.3, -0.25) is 0 Å². The first-order valence-corrected chi connectivity index (χ1v) is 3.91. The second-order valence-electron chi connectivity index (χ2n) is 2.94. The highest BCUT2D eigenvalue weighted by Crippen LogP contribution is 2.28. The van der Waals surface area contributed by atoms with E-state index in [4.69, 9.17) is 0 Å². The Morgan fingerprint density at radius 3 is 3.17 bits per heavy atom. The van der Waals surface area contributed by atoms with Gasteiger partial charge in [0.25, 0.3) is 0 Å². The predicted octanol–water partition coefficient (Wildman–Crippen LogP) is 1.31. The fourth-order valence-corrected chi connectivity index (χ4v) is 1.64. The van der Waals surface area contributed by atoms with Crippen LogP contribution >= 0.6 is 0 Å². The van der Waals surface area contributed by atoms with Crippen LogP contribution < -0.4 is 0 Å². The van der Waals surface area contributed by atoms with E-state index in [2.05, 4.69) is 33.0 Å². The maximum atomic E-state index is 4.05. The largest absolute Gasteiger partial charge is 0.309 e. The van der Waals surface area contributed by atoms with Gasteiger partial charge in [0.2, 0.25) is 0 Å². The lowest BCUT2D eigenvalue weighted by molar-refractivity contribution is 0.840. The van der Waals surface area contributed by atoms with Crippen LogP contribution in [0.15, 0.2) is 30.6 Å². The van der Waals surface area contributed by atoms with Gasteiger partial charge in [-0.15, -0.1) is 10.2 Å². The van der Waals surface area contributed by atoms with E-state index in [-0.39, 0.29) is 0 Å². The van der Waals surface area contributed by atoms with Gasteiger partial charge in [0.1, 0.15) is 6.33 Å². The molecule has 0 N–H and O–H groups in total. The molecular formula is C9H7N3. The molecule has 1 aliphatic heterocycles. The number of hydrogen-bond acceptors (Lipinski definition) is 2. The van der Waals surface area contributed by atoms with Crippen LogP contribution in [0, 0.1) is 0 Å². The second kappa shape index (κ2) is 1.94. The summed E-state index contributed by atoms with van der Waals surface area (Å²) in [6.07, 6.45) is 1.77. The summed E-state index contributed by atoms with van der Waals surface area (Å²) in [4.78, 5) is 0. The van der Waals surface area contributed by atoms with Crippen LogP contribution in [0.1, 0.15) is 5.56 Å². The first kappa shape index (κ1) is 5.94. The van der Waals surface area contributed by atoms with Gasteiger partial charge in [0.15, 0.2) is 5.82 Å². The molecule has 2 heterocycles. The summed E-state index contributed by atoms with van der Waals surface area (Å²) in [5, 5.41) is 7.91. The van der Waals surface area contributed by atoms with Crippen LogP contribution in [0.5, 0.6) is 0 Å². The standard InChI is InChI=1S/C9H7N3/c1-2-4-8-7(3-1)5-12-6-10-11-9(8)12/h1-4,6H,5H2. The van der Waals surface area contributed by atoms with Gasteiger partial charge < -0.3 is 4.57 Å². The first-order valence-electron chi connectivity index (χ1n) is 3.91. The van der Waals surface area contributed by atoms with Crippen molar-refractivity contribution in [3.8, 4) is 11.4 Å². The third kappa shape index (κ3) is 0.605. The van der Waals surface area contributed by atoms with Crippen LogP contribution in [0.4, 0.5) is 0 Å². The van der Waals surface area contributed by atoms with Crippen molar-refractivity contribution in [1.29, 1.82) is 0 Å². The number of aromatic nitrogens is 3. The minimum Gasteiger partial charge on any atom is -0.309 e. The topological polar surface area (TPSA) is 30.7 Å². The highest BCUT2D eigenvalue weighted by molar-refractivity contribution is 5.63. The Kier molecular flexibility index (Phi) is 0.961. The number of fused-ring (bicyclic) bond motifs is 3. The zero-order valence-electron chi connectivity index (χ0n) is 6.44. The summed E-state index contributed by atoms with van der Waals surface area (Å²) < 4.78 is 2.06. The summed E-state index contributed by atoms with van der Waals surface area (Å²) in [6.45, 7) is 0.915. The zero-order valence-corrected chi connectivity index (χ0v) is 6.44. The Morgan fingerprint density at radius 2 is 2.17 bits per heavy atom. The summed E-state index contributed by atoms with van der Waals surface area (Å²) in [5.41, 5.74) is 2.55. The van der Waals surface area contributed by atoms with E-state index in [9.17, 15) is 0 Å². The van der Waals surface area contributed by atoms with E-state index >= 15 is 0 Å². The Morgan fingerprint density at radius 1 is 1.25 bits per heavy atom. The molecule has 0 saturated heterocycles. The van der Waals surface area contributed by atoms with Gasteiger partial charge in [-0.1, -0.05) is 24.3 Å². The molecule has 0 amide bonds. The molecule has 2 aromatic rings. The van der Waals surface area contributed by atoms with Crippen LogP contribution in [0.3, 0.4) is 0 Å². The van der Waals surface area contributed by atoms with Crippen molar-refractivity contribution in [3.63, 3.8) is 0 Å². The van der Waals surface area contributed by atoms with Crippen LogP contribution in [0.2, 0.25) is 0 Å². The Bertz CT molecular complexity index is 431. The fraction of sp³-hybridized carbons (Fsp3) is 0.111. The van der Waals surface area contributed by atoms with Gasteiger partial charge in [-0.05, 0) is 5.56 Å². The normalized spacial score (nSPS) is 12.7. The minimum atomic E-state index is 0.915. The highest BCUT2D eigenvalue weighted by Gasteiger charge is 2.18. The molecule has 3 rings (SSSR count). The van der Waals surface area contributed by atoms with E-state index in [0.717, 1.165) is 12.4 Å². The molecule has 1 aliphatic rings. The predicted molar refractivity (Wildman–Crippen MR) is 44.6 cm³/mol. The molecular weight excluding hydrogens is 150 g/mol. The van der Waals surface area contributed by atoms with Crippen molar-refractivity contribution in [3.05, 3.63) is 36.2 Å². The lowest BCUT2D eigenvalue weighted by Crippen LogP contribution is -1.88. The van der Waals surface area contributed by atoms with Crippen LogP contribution in [0.25, 0.3) is 11.4 Å². The molecule has 0 bridgehead atoms. The van der Waals surface area contributed by atoms with Crippen molar-refractivity contribution < 1.29 is 0 Å². The van der Waals surface area contributed by atoms with E-state index in [0.29, 0.717) is 0 Å². The van der Waals surface area contributed by atoms with E-state index in [1.54, 1.807) is 6.33 Å². The molecule has 0 atom stereocenters. The van der Waals surface area contributed by atoms with E-state index < -0.39 is 0 Å². The number of hydrogen-bond donors (Lipinski definition) is 0. The Hall–Kier alpha value is -1.64. The SMILES string of the molecule is c1ccc2c(c1)Cn1cnnc1-2. The molecule has 0 radical (unpaired) electrons. The van der Waals surface area contributed by atoms with Crippen molar-refractivity contribution in [2.45, 2.75) is 6.54 Å². The molecule has 0 fully saturated rings. The summed E-state index contributed by atoms with van der Waals surface area (Å²) in [7, 11) is 0. The molecule has 0 saturated carbocycles. The smallest absolute Gasteiger partial charge is 0.164 e. The number of benzene rings is 1. The molecule has 1 aromatic heterocycles. The molecule has 58 valence electrons. The Labute approximate surface area is 69.7 Å². The van der Waals surface area contributed by atoms with Crippen molar-refractivity contribution in [2.75, 3.05) is 0 Å². The van der Waals surface area contributed by atoms with Gasteiger partial charge in [0.05, 0.1) is 6.54 Å². The average Bonchev–Trinajstić information content (AvgIpc) is 2.62. The fourth-order valence-electron chi connectivity index (χ4n) is 1.64. The molecule has 1 aromatic carbocycles. The van der Waals surface area contributed by atoms with Crippen LogP contribution in [-0.2, 0) is 6.54 Å². The molecule has 0 spiro atoms. The Balaban J connectivity index is 2.34. The van der Waals surface area contributed by atoms with Gasteiger partial charge in [-0.25, -0.2) is 0 Å². The highest BCUT2D eigenvalue weighted by atomic mass is 15.3. The average molecular weight is 157 g/mol. The third-order valence-corrected chi connectivity index (χ3v) is 2.21. The lowest BCUT2D eigenvalue weighted by Gasteiger charge is -1.93. The van der Waals surface area contributed by atoms with Crippen molar-refractivity contribution in [2.24, 2.45) is 0 Å². The quantitative estimate of drug-likeness (QED) is 0.492. The van der Waals surface area contributed by atoms with E-state index in [1.807, 2.05) is 6.07 Å².